The van der Waals surface area contributed by atoms with Crippen molar-refractivity contribution in [2.75, 3.05) is 0 Å². The van der Waals surface area contributed by atoms with Crippen molar-refractivity contribution in [3.63, 3.8) is 0 Å². The second-order valence-corrected chi connectivity index (χ2v) is 12.0. The lowest BCUT2D eigenvalue weighted by Gasteiger charge is -2.57. The Morgan fingerprint density at radius 2 is 1.79 bits per heavy atom. The molecular weight excluding hydrogens is 359 g/mol. The van der Waals surface area contributed by atoms with Crippen molar-refractivity contribution >= 4 is 5.78 Å². The van der Waals surface area contributed by atoms with Crippen molar-refractivity contribution in [1.82, 2.24) is 0 Å². The molecule has 164 valence electrons. The van der Waals surface area contributed by atoms with E-state index in [0.29, 0.717) is 23.7 Å². The molecule has 4 aliphatic carbocycles. The minimum Gasteiger partial charge on any atom is -0.291 e. The van der Waals surface area contributed by atoms with Crippen molar-refractivity contribution in [2.24, 2.45) is 46.3 Å². The van der Waals surface area contributed by atoms with E-state index in [-0.39, 0.29) is 11.2 Å². The van der Waals surface area contributed by atoms with Gasteiger partial charge in [0.15, 0.2) is 12.0 Å². The van der Waals surface area contributed by atoms with E-state index >= 15 is 0 Å². The summed E-state index contributed by atoms with van der Waals surface area (Å²) in [5.41, 5.74) is 1.27. The molecular formula is C27H43FO. The zero-order valence-electron chi connectivity index (χ0n) is 19.5. The smallest absolute Gasteiger partial charge is 0.193 e. The molecule has 4 aliphatic rings. The molecule has 1 nitrogen and oxygen atoms in total. The molecule has 0 aliphatic heterocycles. The number of rotatable bonds is 5. The predicted octanol–water partition coefficient (Wildman–Crippen LogP) is 7.54. The summed E-state index contributed by atoms with van der Waals surface area (Å²) in [4.78, 5) is 12.6. The van der Waals surface area contributed by atoms with Crippen LogP contribution >= 0.6 is 0 Å². The molecule has 0 aromatic heterocycles. The Bertz CT molecular complexity index is 665. The maximum atomic E-state index is 14.1. The first kappa shape index (κ1) is 21.6. The fraction of sp³-hybridized carbons (Fsp3) is 0.889. The minimum atomic E-state index is -1.25. The minimum absolute atomic E-state index is 0.0646. The van der Waals surface area contributed by atoms with Crippen molar-refractivity contribution in [2.45, 2.75) is 105 Å². The van der Waals surface area contributed by atoms with Crippen LogP contribution in [-0.2, 0) is 4.79 Å². The van der Waals surface area contributed by atoms with Crippen LogP contribution in [0.5, 0.6) is 0 Å². The molecule has 0 N–H and O–H groups in total. The molecule has 0 bridgehead atoms. The predicted molar refractivity (Wildman–Crippen MR) is 118 cm³/mol. The quantitative estimate of drug-likeness (QED) is 0.464. The van der Waals surface area contributed by atoms with Crippen LogP contribution in [0.2, 0.25) is 0 Å². The second-order valence-electron chi connectivity index (χ2n) is 12.0. The maximum Gasteiger partial charge on any atom is 0.193 e. The highest BCUT2D eigenvalue weighted by molar-refractivity contribution is 6.01. The first-order chi connectivity index (χ1) is 13.7. The first-order valence-electron chi connectivity index (χ1n) is 12.6. The highest BCUT2D eigenvalue weighted by atomic mass is 19.1. The van der Waals surface area contributed by atoms with E-state index in [1.807, 2.05) is 0 Å². The zero-order chi connectivity index (χ0) is 21.0. The van der Waals surface area contributed by atoms with Gasteiger partial charge in [-0.1, -0.05) is 60.0 Å². The summed E-state index contributed by atoms with van der Waals surface area (Å²) in [7, 11) is 0. The number of allylic oxidation sites excluding steroid dienone is 2. The van der Waals surface area contributed by atoms with Crippen LogP contribution in [-0.4, -0.2) is 12.0 Å². The summed E-state index contributed by atoms with van der Waals surface area (Å²) >= 11 is 0. The Morgan fingerprint density at radius 3 is 2.52 bits per heavy atom. The molecule has 4 rings (SSSR count). The van der Waals surface area contributed by atoms with Gasteiger partial charge in [0.25, 0.3) is 0 Å². The number of carbonyl (C=O) groups is 1. The van der Waals surface area contributed by atoms with Gasteiger partial charge in [-0.05, 0) is 91.3 Å². The summed E-state index contributed by atoms with van der Waals surface area (Å²) < 4.78 is 14.1. The number of halogens is 1. The summed E-state index contributed by atoms with van der Waals surface area (Å²) in [6.07, 6.45) is 12.7. The largest absolute Gasteiger partial charge is 0.291 e. The van der Waals surface area contributed by atoms with Crippen molar-refractivity contribution in [1.29, 1.82) is 0 Å². The topological polar surface area (TPSA) is 17.1 Å². The second kappa shape index (κ2) is 7.79. The highest BCUT2D eigenvalue weighted by Crippen LogP contribution is 2.67. The molecule has 3 fully saturated rings. The fourth-order valence-electron chi connectivity index (χ4n) is 8.55. The normalized spacial score (nSPS) is 45.4. The van der Waals surface area contributed by atoms with Gasteiger partial charge in [0, 0.05) is 5.57 Å². The SMILES string of the molecule is CC(C)CCCC(C)C1CCC2C3CC=C4C(=O)C(F)CCC4(C)C3CCC12C. The van der Waals surface area contributed by atoms with Gasteiger partial charge in [-0.25, -0.2) is 4.39 Å². The van der Waals surface area contributed by atoms with Crippen LogP contribution in [0.1, 0.15) is 98.8 Å². The van der Waals surface area contributed by atoms with Gasteiger partial charge in [-0.2, -0.15) is 0 Å². The van der Waals surface area contributed by atoms with Crippen LogP contribution in [0.15, 0.2) is 11.6 Å². The lowest BCUT2D eigenvalue weighted by atomic mass is 9.47. The van der Waals surface area contributed by atoms with Crippen molar-refractivity contribution < 1.29 is 9.18 Å². The summed E-state index contributed by atoms with van der Waals surface area (Å²) in [5.74, 6) is 4.42. The lowest BCUT2D eigenvalue weighted by molar-refractivity contribution is -0.127. The molecule has 0 saturated heterocycles. The van der Waals surface area contributed by atoms with Gasteiger partial charge in [-0.15, -0.1) is 0 Å². The highest BCUT2D eigenvalue weighted by Gasteiger charge is 2.60. The number of hydrogen-bond donors (Lipinski definition) is 0. The molecule has 8 atom stereocenters. The molecule has 0 heterocycles. The van der Waals surface area contributed by atoms with E-state index in [9.17, 15) is 9.18 Å². The van der Waals surface area contributed by atoms with Gasteiger partial charge in [0.1, 0.15) is 0 Å². The van der Waals surface area contributed by atoms with Crippen LogP contribution < -0.4 is 0 Å². The number of fused-ring (bicyclic) bond motifs is 5. The van der Waals surface area contributed by atoms with Crippen molar-refractivity contribution in [3.05, 3.63) is 11.6 Å². The van der Waals surface area contributed by atoms with Gasteiger partial charge < -0.3 is 0 Å². The molecule has 3 saturated carbocycles. The summed E-state index contributed by atoms with van der Waals surface area (Å²) in [6, 6.07) is 0. The molecule has 8 unspecified atom stereocenters. The molecule has 0 amide bonds. The van der Waals surface area contributed by atoms with Gasteiger partial charge in [0.2, 0.25) is 0 Å². The van der Waals surface area contributed by atoms with Gasteiger partial charge in [-0.3, -0.25) is 4.79 Å². The van der Waals surface area contributed by atoms with E-state index < -0.39 is 6.17 Å². The Hall–Kier alpha value is -0.660. The van der Waals surface area contributed by atoms with Crippen LogP contribution in [0.4, 0.5) is 4.39 Å². The van der Waals surface area contributed by atoms with Crippen LogP contribution in [0.25, 0.3) is 0 Å². The Morgan fingerprint density at radius 1 is 1.03 bits per heavy atom. The number of ketones is 1. The Kier molecular flexibility index (Phi) is 5.79. The molecule has 0 spiro atoms. The molecule has 2 heteroatoms. The monoisotopic (exact) mass is 402 g/mol. The Balaban J connectivity index is 1.52. The third-order valence-corrected chi connectivity index (χ3v) is 10.1. The van der Waals surface area contributed by atoms with Gasteiger partial charge >= 0.3 is 0 Å². The van der Waals surface area contributed by atoms with E-state index in [4.69, 9.17) is 0 Å². The number of hydrogen-bond acceptors (Lipinski definition) is 1. The van der Waals surface area contributed by atoms with Gasteiger partial charge in [0.05, 0.1) is 0 Å². The summed E-state index contributed by atoms with van der Waals surface area (Å²) in [6.45, 7) is 12.1. The van der Waals surface area contributed by atoms with E-state index in [0.717, 1.165) is 42.1 Å². The van der Waals surface area contributed by atoms with E-state index in [1.165, 1.54) is 44.9 Å². The molecule has 0 aromatic rings. The third-order valence-electron chi connectivity index (χ3n) is 10.1. The zero-order valence-corrected chi connectivity index (χ0v) is 19.5. The van der Waals surface area contributed by atoms with Crippen molar-refractivity contribution in [3.8, 4) is 0 Å². The average Bonchev–Trinajstić information content (AvgIpc) is 3.02. The summed E-state index contributed by atoms with van der Waals surface area (Å²) in [5, 5.41) is 0. The molecule has 0 aromatic carbocycles. The molecule has 0 radical (unpaired) electrons. The lowest BCUT2D eigenvalue weighted by Crippen LogP contribution is -2.52. The maximum absolute atomic E-state index is 14.1. The van der Waals surface area contributed by atoms with E-state index in [1.54, 1.807) is 0 Å². The standard InChI is InChI=1S/C27H43FO/c1-17(2)7-6-8-18(3)20-11-12-21-19-9-10-23-25(29)24(28)14-16-27(23,5)22(19)13-15-26(20,21)4/h10,17-22,24H,6-9,11-16H2,1-5H3. The molecule has 29 heavy (non-hydrogen) atoms. The van der Waals surface area contributed by atoms with Crippen LogP contribution in [0.3, 0.4) is 0 Å². The number of Topliss-reactive ketones (excluding diaryl/α,β-unsaturated/α-hetero) is 1. The number of carbonyl (C=O) groups excluding carboxylic acids is 1. The van der Waals surface area contributed by atoms with Crippen LogP contribution in [0, 0.1) is 46.3 Å². The first-order valence-corrected chi connectivity index (χ1v) is 12.6. The average molecular weight is 403 g/mol. The fourth-order valence-corrected chi connectivity index (χ4v) is 8.55. The number of alkyl halides is 1. The third kappa shape index (κ3) is 3.45. The Labute approximate surface area is 178 Å². The van der Waals surface area contributed by atoms with E-state index in [2.05, 4.69) is 40.7 Å².